The van der Waals surface area contributed by atoms with Gasteiger partial charge in [0.1, 0.15) is 24.1 Å². The molecule has 200 valence electrons. The van der Waals surface area contributed by atoms with Gasteiger partial charge in [0.15, 0.2) is 11.4 Å². The van der Waals surface area contributed by atoms with Crippen molar-refractivity contribution < 1.29 is 41.7 Å². The number of halogens is 4. The number of nitrogens with zero attached hydrogens (tertiary/aromatic N) is 1. The predicted octanol–water partition coefficient (Wildman–Crippen LogP) is 4.48. The molecule has 0 radical (unpaired) electrons. The van der Waals surface area contributed by atoms with Crippen LogP contribution in [0.4, 0.5) is 17.6 Å². The molecule has 3 unspecified atom stereocenters. The molecule has 0 saturated carbocycles. The van der Waals surface area contributed by atoms with Crippen LogP contribution in [0.1, 0.15) is 31.9 Å². The highest BCUT2D eigenvalue weighted by Crippen LogP contribution is 2.44. The molecule has 3 N–H and O–H groups in total. The minimum atomic E-state index is -4.73. The van der Waals surface area contributed by atoms with Gasteiger partial charge < -0.3 is 25.1 Å². The van der Waals surface area contributed by atoms with E-state index in [0.717, 1.165) is 18.2 Å². The summed E-state index contributed by atoms with van der Waals surface area (Å²) in [5.41, 5.74) is 3.26. The van der Waals surface area contributed by atoms with Crippen molar-refractivity contribution in [2.24, 2.45) is 11.7 Å². The van der Waals surface area contributed by atoms with E-state index in [-0.39, 0.29) is 23.8 Å². The van der Waals surface area contributed by atoms with Gasteiger partial charge in [-0.1, -0.05) is 6.08 Å². The first-order valence-electron chi connectivity index (χ1n) is 11.3. The molecule has 0 saturated heterocycles. The molecule has 1 aliphatic carbocycles. The lowest BCUT2D eigenvalue weighted by Gasteiger charge is -2.39. The van der Waals surface area contributed by atoms with Crippen LogP contribution in [0.15, 0.2) is 60.3 Å². The zero-order valence-electron chi connectivity index (χ0n) is 20.7. The number of rotatable bonds is 9. The Bertz CT molecular complexity index is 1210. The summed E-state index contributed by atoms with van der Waals surface area (Å²) < 4.78 is 71.5. The Morgan fingerprint density at radius 1 is 1.24 bits per heavy atom. The topological polar surface area (TPSA) is 104 Å². The Morgan fingerprint density at radius 2 is 1.95 bits per heavy atom. The van der Waals surface area contributed by atoms with Gasteiger partial charge in [-0.3, -0.25) is 4.79 Å². The van der Waals surface area contributed by atoms with E-state index in [0.29, 0.717) is 11.6 Å². The number of allylic oxidation sites excluding steroid dienone is 2. The van der Waals surface area contributed by atoms with E-state index in [2.05, 4.69) is 4.98 Å². The second kappa shape index (κ2) is 10.5. The van der Waals surface area contributed by atoms with Gasteiger partial charge in [0.05, 0.1) is 11.7 Å². The molecule has 2 aromatic rings. The van der Waals surface area contributed by atoms with Crippen LogP contribution in [-0.4, -0.2) is 40.7 Å². The summed E-state index contributed by atoms with van der Waals surface area (Å²) in [5.74, 6) is -4.40. The molecule has 0 aliphatic heterocycles. The van der Waals surface area contributed by atoms with Crippen molar-refractivity contribution in [3.05, 3.63) is 77.3 Å². The van der Waals surface area contributed by atoms with Crippen molar-refractivity contribution in [2.75, 3.05) is 6.61 Å². The van der Waals surface area contributed by atoms with E-state index < -0.39 is 46.9 Å². The Hall–Kier alpha value is -3.44. The number of nitrogens with two attached hydrogens (primary N) is 1. The fourth-order valence-corrected chi connectivity index (χ4v) is 3.96. The fraction of sp³-hybridized carbons (Fsp3) is 0.385. The van der Waals surface area contributed by atoms with Crippen molar-refractivity contribution >= 4 is 5.91 Å². The lowest BCUT2D eigenvalue weighted by atomic mass is 9.76. The van der Waals surface area contributed by atoms with Crippen molar-refractivity contribution in [3.63, 3.8) is 0 Å². The van der Waals surface area contributed by atoms with Crippen molar-refractivity contribution in [1.82, 2.24) is 4.98 Å². The van der Waals surface area contributed by atoms with Crippen LogP contribution in [0.2, 0.25) is 0 Å². The number of carbonyl (C=O) groups is 1. The zero-order chi connectivity index (χ0) is 27.6. The molecule has 37 heavy (non-hydrogen) atoms. The van der Waals surface area contributed by atoms with Crippen molar-refractivity contribution in [3.8, 4) is 11.6 Å². The fourth-order valence-electron chi connectivity index (χ4n) is 3.96. The molecule has 1 amide bonds. The molecular formula is C26H28F4N2O5. The maximum Gasteiger partial charge on any atom is 0.416 e. The van der Waals surface area contributed by atoms with E-state index in [4.69, 9.17) is 19.9 Å². The number of benzene rings is 1. The number of aromatic nitrogens is 1. The standard InChI is InChI=1S/C26H28F4N2O5/c1-15-11-19(27)5-6-21(15)37-25(9-7-18(26(28,29)30)12-20(25)23(31)33)17-8-10-32-22(13-17)35-14-16(2)36-24(3,4)34/h5-13,16,20,34H,14H2,1-4H3,(H2,31,33). The molecule has 3 atom stereocenters. The van der Waals surface area contributed by atoms with Gasteiger partial charge in [0.25, 0.3) is 0 Å². The van der Waals surface area contributed by atoms with Gasteiger partial charge in [-0.15, -0.1) is 0 Å². The van der Waals surface area contributed by atoms with E-state index in [1.165, 1.54) is 44.3 Å². The summed E-state index contributed by atoms with van der Waals surface area (Å²) in [5, 5.41) is 9.80. The highest BCUT2D eigenvalue weighted by atomic mass is 19.4. The van der Waals surface area contributed by atoms with Gasteiger partial charge >= 0.3 is 6.18 Å². The lowest BCUT2D eigenvalue weighted by molar-refractivity contribution is -0.206. The SMILES string of the molecule is Cc1cc(F)ccc1OC1(c2ccnc(OCC(C)OC(C)(C)O)c2)C=CC(C(F)(F)F)=CC1C(N)=O. The smallest absolute Gasteiger partial charge is 0.416 e. The number of hydrogen-bond donors (Lipinski definition) is 2. The molecule has 1 heterocycles. The van der Waals surface area contributed by atoms with Gasteiger partial charge in [0, 0.05) is 17.8 Å². The van der Waals surface area contributed by atoms with Crippen LogP contribution in [0.5, 0.6) is 11.6 Å². The molecule has 0 fully saturated rings. The van der Waals surface area contributed by atoms with Gasteiger partial charge in [-0.2, -0.15) is 13.2 Å². The number of carbonyl (C=O) groups excluding carboxylic acids is 1. The molecule has 3 rings (SSSR count). The van der Waals surface area contributed by atoms with Crippen LogP contribution in [0, 0.1) is 18.7 Å². The van der Waals surface area contributed by atoms with E-state index in [1.807, 2.05) is 0 Å². The van der Waals surface area contributed by atoms with E-state index >= 15 is 0 Å². The monoisotopic (exact) mass is 524 g/mol. The number of aryl methyl sites for hydroxylation is 1. The van der Waals surface area contributed by atoms with Gasteiger partial charge in [-0.25, -0.2) is 9.37 Å². The third kappa shape index (κ3) is 6.86. The first kappa shape index (κ1) is 28.1. The summed E-state index contributed by atoms with van der Waals surface area (Å²) in [6.45, 7) is 6.13. The first-order chi connectivity index (χ1) is 17.1. The normalized spacial score (nSPS) is 20.8. The molecule has 1 aromatic heterocycles. The maximum absolute atomic E-state index is 13.7. The van der Waals surface area contributed by atoms with Crippen LogP contribution >= 0.6 is 0 Å². The molecule has 0 bridgehead atoms. The molecule has 7 nitrogen and oxygen atoms in total. The average molecular weight is 525 g/mol. The predicted molar refractivity (Wildman–Crippen MR) is 126 cm³/mol. The van der Waals surface area contributed by atoms with Crippen LogP contribution in [0.3, 0.4) is 0 Å². The molecule has 0 spiro atoms. The van der Waals surface area contributed by atoms with Crippen LogP contribution in [0.25, 0.3) is 0 Å². The summed E-state index contributed by atoms with van der Waals surface area (Å²) in [4.78, 5) is 16.6. The number of ether oxygens (including phenoxy) is 3. The third-order valence-corrected chi connectivity index (χ3v) is 5.51. The Kier molecular flexibility index (Phi) is 7.99. The number of amides is 1. The van der Waals surface area contributed by atoms with Crippen molar-refractivity contribution in [2.45, 2.75) is 51.4 Å². The summed E-state index contributed by atoms with van der Waals surface area (Å²) >= 11 is 0. The second-order valence-electron chi connectivity index (χ2n) is 9.21. The largest absolute Gasteiger partial charge is 0.477 e. The summed E-state index contributed by atoms with van der Waals surface area (Å²) in [6, 6.07) is 6.49. The second-order valence-corrected chi connectivity index (χ2v) is 9.21. The number of alkyl halides is 3. The Labute approximate surface area is 211 Å². The highest BCUT2D eigenvalue weighted by molar-refractivity contribution is 5.82. The minimum absolute atomic E-state index is 0.0153. The molecular weight excluding hydrogens is 496 g/mol. The number of aliphatic hydroxyl groups is 1. The summed E-state index contributed by atoms with van der Waals surface area (Å²) in [7, 11) is 0. The van der Waals surface area contributed by atoms with Gasteiger partial charge in [0.2, 0.25) is 11.8 Å². The number of pyridine rings is 1. The third-order valence-electron chi connectivity index (χ3n) is 5.51. The molecule has 11 heteroatoms. The zero-order valence-corrected chi connectivity index (χ0v) is 20.7. The number of hydrogen-bond acceptors (Lipinski definition) is 6. The Morgan fingerprint density at radius 3 is 2.54 bits per heavy atom. The van der Waals surface area contributed by atoms with E-state index in [9.17, 15) is 27.5 Å². The molecule has 1 aromatic carbocycles. The first-order valence-corrected chi connectivity index (χ1v) is 11.3. The molecule has 1 aliphatic rings. The minimum Gasteiger partial charge on any atom is -0.477 e. The average Bonchev–Trinajstić information content (AvgIpc) is 2.78. The lowest BCUT2D eigenvalue weighted by Crippen LogP contribution is -2.47. The summed E-state index contributed by atoms with van der Waals surface area (Å²) in [6.07, 6.45) is -1.31. The highest BCUT2D eigenvalue weighted by Gasteiger charge is 2.48. The van der Waals surface area contributed by atoms with Crippen LogP contribution < -0.4 is 15.2 Å². The number of primary amides is 1. The quantitative estimate of drug-likeness (QED) is 0.371. The van der Waals surface area contributed by atoms with E-state index in [1.54, 1.807) is 13.8 Å². The van der Waals surface area contributed by atoms with Crippen LogP contribution in [-0.2, 0) is 15.1 Å². The van der Waals surface area contributed by atoms with Crippen molar-refractivity contribution in [1.29, 1.82) is 0 Å². The van der Waals surface area contributed by atoms with Gasteiger partial charge in [-0.05, 0) is 69.7 Å². The Balaban J connectivity index is 2.07. The maximum atomic E-state index is 13.7.